The smallest absolute Gasteiger partial charge is 0.395 e. The molecule has 6 N–H and O–H groups in total. The average Bonchev–Trinajstić information content (AvgIpc) is 4.17. The van der Waals surface area contributed by atoms with Crippen molar-refractivity contribution in [3.05, 3.63) is 118 Å². The Hall–Kier alpha value is -4.68. The summed E-state index contributed by atoms with van der Waals surface area (Å²) in [7, 11) is 7.80. The molecule has 4 atom stereocenters. The van der Waals surface area contributed by atoms with E-state index in [1.807, 2.05) is 45.2 Å². The van der Waals surface area contributed by atoms with E-state index in [0.29, 0.717) is 34.8 Å². The number of nitrogens with zero attached hydrogens (tertiary/aromatic N) is 4. The van der Waals surface area contributed by atoms with E-state index in [-0.39, 0.29) is 61.8 Å². The number of hydrogen-bond donors (Lipinski definition) is 5. The number of aromatic nitrogens is 2. The molecule has 0 bridgehead atoms. The maximum atomic E-state index is 13.8. The summed E-state index contributed by atoms with van der Waals surface area (Å²) in [4.78, 5) is 35.6. The normalized spacial score (nSPS) is 16.8. The van der Waals surface area contributed by atoms with E-state index < -0.39 is 53.3 Å². The highest BCUT2D eigenvalue weighted by molar-refractivity contribution is 6.30. The molecule has 0 spiro atoms. The van der Waals surface area contributed by atoms with Gasteiger partial charge in [0.25, 0.3) is 0 Å². The minimum Gasteiger partial charge on any atom is -0.508 e. The summed E-state index contributed by atoms with van der Waals surface area (Å²) in [6, 6.07) is 20.1. The fraction of sp³-hybridized carbons (Fsp3) is 0.478. The third-order valence-corrected chi connectivity index (χ3v) is 12.6. The van der Waals surface area contributed by atoms with Crippen LogP contribution in [0.1, 0.15) is 72.9 Å². The van der Waals surface area contributed by atoms with E-state index >= 15 is 0 Å². The fourth-order valence-electron chi connectivity index (χ4n) is 7.67. The van der Waals surface area contributed by atoms with Gasteiger partial charge >= 0.3 is 18.3 Å². The van der Waals surface area contributed by atoms with Gasteiger partial charge in [0, 0.05) is 67.2 Å². The molecule has 2 saturated carbocycles. The predicted molar refractivity (Wildman–Crippen MR) is 237 cm³/mol. The van der Waals surface area contributed by atoms with Crippen LogP contribution in [0.2, 0.25) is 10.0 Å². The van der Waals surface area contributed by atoms with E-state index in [1.54, 1.807) is 36.4 Å². The molecule has 2 aliphatic rings. The molecule has 2 aromatic heterocycles. The third-order valence-electron chi connectivity index (χ3n) is 12.1. The molecule has 1 amide bonds. The number of alkyl halides is 6. The third kappa shape index (κ3) is 14.9. The fourth-order valence-corrected chi connectivity index (χ4v) is 7.89. The van der Waals surface area contributed by atoms with Crippen LogP contribution in [0.4, 0.5) is 26.3 Å². The monoisotopic (exact) mass is 956 g/mol. The van der Waals surface area contributed by atoms with Crippen molar-refractivity contribution >= 4 is 35.1 Å². The number of pyridine rings is 2. The van der Waals surface area contributed by atoms with Crippen molar-refractivity contribution in [2.24, 2.45) is 16.6 Å². The van der Waals surface area contributed by atoms with Crippen molar-refractivity contribution < 1.29 is 51.3 Å². The lowest BCUT2D eigenvalue weighted by molar-refractivity contribution is -0.196. The van der Waals surface area contributed by atoms with Crippen LogP contribution in [0.15, 0.2) is 85.2 Å². The molecule has 2 aliphatic carbocycles. The van der Waals surface area contributed by atoms with E-state index in [2.05, 4.69) is 20.2 Å². The minimum absolute atomic E-state index is 0.0140. The van der Waals surface area contributed by atoms with Crippen molar-refractivity contribution in [2.75, 3.05) is 41.3 Å². The zero-order valence-corrected chi connectivity index (χ0v) is 38.0. The lowest BCUT2D eigenvalue weighted by Crippen LogP contribution is -2.42. The van der Waals surface area contributed by atoms with Gasteiger partial charge in [0.15, 0.2) is 0 Å². The Morgan fingerprint density at radius 3 is 1.37 bits per heavy atom. The van der Waals surface area contributed by atoms with Gasteiger partial charge in [-0.05, 0) is 126 Å². The van der Waals surface area contributed by atoms with Gasteiger partial charge < -0.3 is 36.2 Å². The number of phenolic OH excluding ortho intramolecular Hbond substituents is 2. The Balaban J connectivity index is 0.000000237. The Labute approximate surface area is 385 Å². The number of likely N-dealkylation sites (N-methyl/N-ethyl adjacent to an activating group) is 2. The lowest BCUT2D eigenvalue weighted by atomic mass is 9.82. The Bertz CT molecular complexity index is 2120. The number of benzene rings is 2. The standard InChI is InChI=1S/C23H27ClF3N3O2.C12H11ClF3NO2.C11H18N2O/c1-30(2)17(11-15-3-6-18(31)7-4-15)14-29-21(32)12-19(20-8-5-16(24)13-28-20)22(9-10-22)23(25,26)27;13-7-1-2-9(17-6-7)8(5-10(18)19)11(3-4-11)12(14,15)16;1-13(2)10(8-12)7-9-3-5-11(14)6-4-9/h3-8,13,17,19,31H,9-12,14H2,1-2H3,(H,29,32);1-2,6,8H,3-5H2,(H,18,19);3-6,10,14H,7-8,12H2,1-2H3/t17-,19?;;10-/m0.0/s1. The van der Waals surface area contributed by atoms with Gasteiger partial charge in [0.05, 0.1) is 27.3 Å². The quantitative estimate of drug-likeness (QED) is 0.0646. The first-order chi connectivity index (χ1) is 30.4. The molecule has 2 unspecified atom stereocenters. The second kappa shape index (κ2) is 22.7. The van der Waals surface area contributed by atoms with Crippen LogP contribution in [-0.2, 0) is 22.4 Å². The highest BCUT2D eigenvalue weighted by atomic mass is 35.5. The van der Waals surface area contributed by atoms with Crippen LogP contribution < -0.4 is 11.1 Å². The van der Waals surface area contributed by atoms with Crippen molar-refractivity contribution in [3.8, 4) is 11.5 Å². The Morgan fingerprint density at radius 2 is 1.06 bits per heavy atom. The number of halogens is 8. The maximum absolute atomic E-state index is 13.8. The Kier molecular flexibility index (Phi) is 18.5. The highest BCUT2D eigenvalue weighted by Gasteiger charge is 2.68. The van der Waals surface area contributed by atoms with Crippen LogP contribution in [0, 0.1) is 10.8 Å². The number of carbonyl (C=O) groups is 2. The number of amides is 1. The number of carbonyl (C=O) groups excluding carboxylic acids is 1. The topological polar surface area (TPSA) is 165 Å². The highest BCUT2D eigenvalue weighted by Crippen LogP contribution is 2.67. The van der Waals surface area contributed by atoms with Gasteiger partial charge in [0.2, 0.25) is 5.91 Å². The number of aromatic hydroxyl groups is 2. The number of hydrogen-bond acceptors (Lipinski definition) is 9. The molecule has 19 heteroatoms. The van der Waals surface area contributed by atoms with Crippen LogP contribution in [0.5, 0.6) is 11.5 Å². The SMILES string of the molecule is CN(C)[C@H](CN)Cc1ccc(O)cc1.CN(C)[C@H](CNC(=O)CC(c1ccc(Cl)cn1)C1(C(F)(F)F)CC1)Cc1ccc(O)cc1.O=C(O)CC(c1ccc(Cl)cn1)C1(C(F)(F)F)CC1. The number of carboxylic acids is 1. The molecular weight excluding hydrogens is 901 g/mol. The van der Waals surface area contributed by atoms with Crippen molar-refractivity contribution in [1.29, 1.82) is 0 Å². The van der Waals surface area contributed by atoms with E-state index in [9.17, 15) is 41.0 Å². The van der Waals surface area contributed by atoms with Crippen LogP contribution in [0.25, 0.3) is 0 Å². The first kappa shape index (κ1) is 52.9. The molecular formula is C46H56Cl2F6N6O5. The summed E-state index contributed by atoms with van der Waals surface area (Å²) in [6.07, 6.45) is -5.78. The summed E-state index contributed by atoms with van der Waals surface area (Å²) < 4.78 is 80.9. The second-order valence-corrected chi connectivity index (χ2v) is 17.9. The maximum Gasteiger partial charge on any atom is 0.395 e. The van der Waals surface area contributed by atoms with E-state index in [0.717, 1.165) is 12.0 Å². The number of aliphatic carboxylic acids is 1. The van der Waals surface area contributed by atoms with Crippen molar-refractivity contribution in [2.45, 2.75) is 87.6 Å². The first-order valence-corrected chi connectivity index (χ1v) is 21.6. The number of nitrogens with one attached hydrogen (secondary N) is 1. The summed E-state index contributed by atoms with van der Waals surface area (Å²) in [5, 5.41) is 30.8. The zero-order valence-electron chi connectivity index (χ0n) is 36.5. The predicted octanol–water partition coefficient (Wildman–Crippen LogP) is 9.01. The number of rotatable bonds is 17. The summed E-state index contributed by atoms with van der Waals surface area (Å²) >= 11 is 11.5. The molecule has 2 fully saturated rings. The van der Waals surface area contributed by atoms with Gasteiger partial charge in [-0.15, -0.1) is 0 Å². The number of carboxylic acid groups (broad SMARTS) is 1. The van der Waals surface area contributed by atoms with Crippen LogP contribution in [-0.4, -0.2) is 113 Å². The average molecular weight is 958 g/mol. The lowest BCUT2D eigenvalue weighted by Gasteiger charge is -2.29. The molecule has 4 aromatic rings. The van der Waals surface area contributed by atoms with Gasteiger partial charge in [-0.3, -0.25) is 19.6 Å². The minimum atomic E-state index is -4.42. The van der Waals surface area contributed by atoms with Gasteiger partial charge in [-0.2, -0.15) is 26.3 Å². The number of nitrogens with two attached hydrogens (primary N) is 1. The van der Waals surface area contributed by atoms with Crippen LogP contribution >= 0.6 is 23.2 Å². The molecule has 2 aromatic carbocycles. The summed E-state index contributed by atoms with van der Waals surface area (Å²) in [5.74, 6) is -3.46. The molecule has 356 valence electrons. The van der Waals surface area contributed by atoms with Gasteiger partial charge in [-0.1, -0.05) is 47.5 Å². The summed E-state index contributed by atoms with van der Waals surface area (Å²) in [5.41, 5.74) is 4.33. The molecule has 0 radical (unpaired) electrons. The van der Waals surface area contributed by atoms with Gasteiger partial charge in [-0.25, -0.2) is 0 Å². The molecule has 65 heavy (non-hydrogen) atoms. The molecule has 6 rings (SSSR count). The van der Waals surface area contributed by atoms with Crippen molar-refractivity contribution in [1.82, 2.24) is 25.1 Å². The molecule has 2 heterocycles. The molecule has 0 aliphatic heterocycles. The largest absolute Gasteiger partial charge is 0.508 e. The van der Waals surface area contributed by atoms with Gasteiger partial charge in [0.1, 0.15) is 11.5 Å². The van der Waals surface area contributed by atoms with E-state index in [1.165, 1.54) is 42.2 Å². The van der Waals surface area contributed by atoms with E-state index in [4.69, 9.17) is 39.1 Å². The van der Waals surface area contributed by atoms with Crippen molar-refractivity contribution in [3.63, 3.8) is 0 Å². The zero-order chi connectivity index (χ0) is 48.3. The molecule has 0 saturated heterocycles. The number of phenols is 2. The Morgan fingerprint density at radius 1 is 0.677 bits per heavy atom. The second-order valence-electron chi connectivity index (χ2n) is 17.0. The summed E-state index contributed by atoms with van der Waals surface area (Å²) in [6.45, 7) is 0.931. The molecule has 11 nitrogen and oxygen atoms in total. The first-order valence-electron chi connectivity index (χ1n) is 20.8. The van der Waals surface area contributed by atoms with Crippen LogP contribution in [0.3, 0.4) is 0 Å².